The molecular weight excluding hydrogens is 240 g/mol. The maximum Gasteiger partial charge on any atom is 0.337 e. The topological polar surface area (TPSA) is 79.3 Å². The molecule has 0 aliphatic heterocycles. The van der Waals surface area contributed by atoms with Crippen molar-refractivity contribution in [3.8, 4) is 0 Å². The molecule has 0 saturated carbocycles. The van der Waals surface area contributed by atoms with Crippen LogP contribution in [0, 0.1) is 6.92 Å². The van der Waals surface area contributed by atoms with Crippen LogP contribution in [0.1, 0.15) is 23.0 Å². The zero-order valence-corrected chi connectivity index (χ0v) is 10.9. The maximum absolute atomic E-state index is 11.0. The van der Waals surface area contributed by atoms with Gasteiger partial charge in [0.1, 0.15) is 5.82 Å². The second-order valence-corrected chi connectivity index (χ2v) is 5.40. The number of carboxylic acids is 1. The Morgan fingerprint density at radius 1 is 1.59 bits per heavy atom. The van der Waals surface area contributed by atoms with Crippen molar-refractivity contribution in [1.82, 2.24) is 4.98 Å². The van der Waals surface area contributed by atoms with E-state index in [0.717, 1.165) is 0 Å². The summed E-state index contributed by atoms with van der Waals surface area (Å²) in [6, 6.07) is 3.16. The van der Waals surface area contributed by atoms with Gasteiger partial charge in [0.25, 0.3) is 0 Å². The number of nitrogens with one attached hydrogen (secondary N) is 1. The predicted octanol–water partition coefficient (Wildman–Crippen LogP) is 1.27. The van der Waals surface area contributed by atoms with Crippen LogP contribution < -0.4 is 5.32 Å². The highest BCUT2D eigenvalue weighted by Crippen LogP contribution is 2.11. The molecule has 5 nitrogen and oxygen atoms in total. The zero-order valence-electron chi connectivity index (χ0n) is 10.1. The van der Waals surface area contributed by atoms with E-state index in [1.54, 1.807) is 19.2 Å². The number of anilines is 1. The second kappa shape index (κ2) is 5.77. The standard InChI is InChI=1S/C11H16N2O3S/c1-7(6-17(3)16)12-10-5-4-9(11(14)15)8(2)13-10/h4-5,7H,6H2,1-3H3,(H,12,13)(H,14,15). The molecule has 2 N–H and O–H groups in total. The van der Waals surface area contributed by atoms with Crippen molar-refractivity contribution < 1.29 is 14.1 Å². The van der Waals surface area contributed by atoms with Gasteiger partial charge in [-0.3, -0.25) is 4.21 Å². The average Bonchev–Trinajstić information content (AvgIpc) is 2.15. The largest absolute Gasteiger partial charge is 0.478 e. The lowest BCUT2D eigenvalue weighted by molar-refractivity contribution is 0.0695. The minimum Gasteiger partial charge on any atom is -0.478 e. The van der Waals surface area contributed by atoms with Crippen molar-refractivity contribution in [2.45, 2.75) is 19.9 Å². The van der Waals surface area contributed by atoms with Gasteiger partial charge in [0.2, 0.25) is 0 Å². The Morgan fingerprint density at radius 2 is 2.24 bits per heavy atom. The Morgan fingerprint density at radius 3 is 2.71 bits per heavy atom. The van der Waals surface area contributed by atoms with Gasteiger partial charge in [0, 0.05) is 28.9 Å². The molecule has 0 aliphatic rings. The van der Waals surface area contributed by atoms with E-state index in [1.807, 2.05) is 6.92 Å². The number of aryl methyl sites for hydroxylation is 1. The molecule has 17 heavy (non-hydrogen) atoms. The number of hydrogen-bond acceptors (Lipinski definition) is 4. The summed E-state index contributed by atoms with van der Waals surface area (Å²) >= 11 is 0. The predicted molar refractivity (Wildman–Crippen MR) is 68.0 cm³/mol. The van der Waals surface area contributed by atoms with Crippen LogP contribution >= 0.6 is 0 Å². The third-order valence-corrected chi connectivity index (χ3v) is 3.16. The van der Waals surface area contributed by atoms with Gasteiger partial charge in [-0.15, -0.1) is 0 Å². The Labute approximate surface area is 103 Å². The minimum atomic E-state index is -0.982. The number of pyridine rings is 1. The van der Waals surface area contributed by atoms with Gasteiger partial charge in [0.15, 0.2) is 0 Å². The summed E-state index contributed by atoms with van der Waals surface area (Å²) in [5, 5.41) is 11.9. The number of aromatic nitrogens is 1. The lowest BCUT2D eigenvalue weighted by Crippen LogP contribution is -2.23. The number of rotatable bonds is 5. The van der Waals surface area contributed by atoms with Crippen LogP contribution in [-0.2, 0) is 10.8 Å². The molecule has 1 heterocycles. The van der Waals surface area contributed by atoms with Crippen LogP contribution in [-0.4, -0.2) is 38.3 Å². The summed E-state index contributed by atoms with van der Waals surface area (Å²) in [6.07, 6.45) is 1.64. The second-order valence-electron chi connectivity index (χ2n) is 3.92. The van der Waals surface area contributed by atoms with Gasteiger partial charge in [-0.25, -0.2) is 9.78 Å². The third kappa shape index (κ3) is 4.14. The van der Waals surface area contributed by atoms with E-state index in [1.165, 1.54) is 6.07 Å². The fourth-order valence-electron chi connectivity index (χ4n) is 1.51. The quantitative estimate of drug-likeness (QED) is 0.829. The van der Waals surface area contributed by atoms with Crippen molar-refractivity contribution >= 4 is 22.6 Å². The Bertz CT molecular complexity index is 448. The fourth-order valence-corrected chi connectivity index (χ4v) is 2.30. The van der Waals surface area contributed by atoms with E-state index in [9.17, 15) is 9.00 Å². The molecule has 0 radical (unpaired) electrons. The van der Waals surface area contributed by atoms with Crippen molar-refractivity contribution in [2.24, 2.45) is 0 Å². The first-order valence-corrected chi connectivity index (χ1v) is 6.90. The normalized spacial score (nSPS) is 14.1. The van der Waals surface area contributed by atoms with Gasteiger partial charge < -0.3 is 10.4 Å². The van der Waals surface area contributed by atoms with Crippen LogP contribution in [0.25, 0.3) is 0 Å². The molecule has 0 spiro atoms. The summed E-state index contributed by atoms with van der Waals surface area (Å²) in [4.78, 5) is 15.0. The molecule has 0 fully saturated rings. The number of aromatic carboxylic acids is 1. The molecule has 0 bridgehead atoms. The number of carboxylic acid groups (broad SMARTS) is 1. The molecule has 0 amide bonds. The third-order valence-electron chi connectivity index (χ3n) is 2.20. The molecule has 0 aliphatic carbocycles. The van der Waals surface area contributed by atoms with Crippen LogP contribution in [0.2, 0.25) is 0 Å². The van der Waals surface area contributed by atoms with Crippen molar-refractivity contribution in [1.29, 1.82) is 0 Å². The van der Waals surface area contributed by atoms with E-state index in [-0.39, 0.29) is 11.6 Å². The fraction of sp³-hybridized carbons (Fsp3) is 0.455. The molecule has 2 unspecified atom stereocenters. The average molecular weight is 256 g/mol. The molecule has 6 heteroatoms. The summed E-state index contributed by atoms with van der Waals surface area (Å²) in [7, 11) is -0.871. The summed E-state index contributed by atoms with van der Waals surface area (Å²) in [5.74, 6) is 0.149. The van der Waals surface area contributed by atoms with Gasteiger partial charge >= 0.3 is 5.97 Å². The first-order chi connectivity index (χ1) is 7.90. The number of hydrogen-bond donors (Lipinski definition) is 2. The molecule has 0 saturated heterocycles. The smallest absolute Gasteiger partial charge is 0.337 e. The SMILES string of the molecule is Cc1nc(NC(C)CS(C)=O)ccc1C(=O)O. The number of nitrogens with zero attached hydrogens (tertiary/aromatic N) is 1. The van der Waals surface area contributed by atoms with Crippen LogP contribution in [0.15, 0.2) is 12.1 Å². The molecule has 1 aromatic heterocycles. The number of carbonyl (C=O) groups is 1. The molecular formula is C11H16N2O3S. The van der Waals surface area contributed by atoms with Gasteiger partial charge in [-0.2, -0.15) is 0 Å². The monoisotopic (exact) mass is 256 g/mol. The van der Waals surface area contributed by atoms with Gasteiger partial charge in [0.05, 0.1) is 11.3 Å². The van der Waals surface area contributed by atoms with Crippen molar-refractivity contribution in [3.05, 3.63) is 23.4 Å². The summed E-state index contributed by atoms with van der Waals surface area (Å²) < 4.78 is 11.0. The molecule has 1 aromatic rings. The van der Waals surface area contributed by atoms with E-state index < -0.39 is 16.8 Å². The highest BCUT2D eigenvalue weighted by molar-refractivity contribution is 7.84. The minimum absolute atomic E-state index is 0.0309. The van der Waals surface area contributed by atoms with Crippen LogP contribution in [0.4, 0.5) is 5.82 Å². The van der Waals surface area contributed by atoms with E-state index in [2.05, 4.69) is 10.3 Å². The van der Waals surface area contributed by atoms with E-state index in [0.29, 0.717) is 17.3 Å². The zero-order chi connectivity index (χ0) is 13.0. The van der Waals surface area contributed by atoms with Gasteiger partial charge in [-0.05, 0) is 26.0 Å². The van der Waals surface area contributed by atoms with Crippen LogP contribution in [0.3, 0.4) is 0 Å². The summed E-state index contributed by atoms with van der Waals surface area (Å²) in [6.45, 7) is 3.56. The van der Waals surface area contributed by atoms with Crippen molar-refractivity contribution in [2.75, 3.05) is 17.3 Å². The summed E-state index contributed by atoms with van der Waals surface area (Å²) in [5.41, 5.74) is 0.662. The lowest BCUT2D eigenvalue weighted by atomic mass is 10.2. The Balaban J connectivity index is 2.77. The maximum atomic E-state index is 11.0. The first-order valence-electron chi connectivity index (χ1n) is 5.17. The lowest BCUT2D eigenvalue weighted by Gasteiger charge is -2.13. The Hall–Kier alpha value is -1.43. The van der Waals surface area contributed by atoms with E-state index >= 15 is 0 Å². The molecule has 1 rings (SSSR count). The van der Waals surface area contributed by atoms with Crippen molar-refractivity contribution in [3.63, 3.8) is 0 Å². The van der Waals surface area contributed by atoms with Gasteiger partial charge in [-0.1, -0.05) is 0 Å². The highest BCUT2D eigenvalue weighted by Gasteiger charge is 2.10. The Kier molecular flexibility index (Phi) is 4.62. The molecule has 2 atom stereocenters. The molecule has 94 valence electrons. The molecule has 0 aromatic carbocycles. The van der Waals surface area contributed by atoms with E-state index in [4.69, 9.17) is 5.11 Å². The first kappa shape index (κ1) is 13.6. The highest BCUT2D eigenvalue weighted by atomic mass is 32.2. The van der Waals surface area contributed by atoms with Crippen LogP contribution in [0.5, 0.6) is 0 Å².